The average Bonchev–Trinajstić information content (AvgIpc) is 2.80. The molecule has 0 unspecified atom stereocenters. The Morgan fingerprint density at radius 1 is 0.879 bits per heavy atom. The molecule has 0 spiro atoms. The standard InChI is InChI=1S/C23H20N2O7S/c1-14-12-16(22(27)28)10-11-19(14)25-33(30,31)17-7-5-6-15(13-17)21(26)24-20-9-4-3-8-18(20)23(29)32-2/h3-13,25H,1-2H3,(H,24,26)(H,27,28). The van der Waals surface area contributed by atoms with Crippen molar-refractivity contribution in [3.8, 4) is 0 Å². The molecule has 170 valence electrons. The molecule has 0 saturated heterocycles. The number of aryl methyl sites for hydroxylation is 1. The predicted octanol–water partition coefficient (Wildman–Crippen LogP) is 3.53. The van der Waals surface area contributed by atoms with Crippen LogP contribution in [0.2, 0.25) is 0 Å². The van der Waals surface area contributed by atoms with Crippen molar-refractivity contribution in [2.75, 3.05) is 17.1 Å². The van der Waals surface area contributed by atoms with E-state index in [-0.39, 0.29) is 33.0 Å². The lowest BCUT2D eigenvalue weighted by molar-refractivity contribution is 0.0601. The van der Waals surface area contributed by atoms with Crippen molar-refractivity contribution in [3.05, 3.63) is 89.0 Å². The number of carbonyl (C=O) groups excluding carboxylic acids is 2. The fraction of sp³-hybridized carbons (Fsp3) is 0.0870. The predicted molar refractivity (Wildman–Crippen MR) is 121 cm³/mol. The lowest BCUT2D eigenvalue weighted by Gasteiger charge is -2.13. The van der Waals surface area contributed by atoms with Gasteiger partial charge in [-0.25, -0.2) is 18.0 Å². The summed E-state index contributed by atoms with van der Waals surface area (Å²) in [6.45, 7) is 1.58. The maximum atomic E-state index is 12.9. The molecule has 10 heteroatoms. The molecule has 0 bridgehead atoms. The molecule has 3 aromatic rings. The van der Waals surface area contributed by atoms with Gasteiger partial charge >= 0.3 is 11.9 Å². The van der Waals surface area contributed by atoms with Crippen LogP contribution in [0.1, 0.15) is 36.6 Å². The zero-order valence-electron chi connectivity index (χ0n) is 17.7. The van der Waals surface area contributed by atoms with Gasteiger partial charge in [0.15, 0.2) is 0 Å². The smallest absolute Gasteiger partial charge is 0.339 e. The molecular weight excluding hydrogens is 448 g/mol. The Bertz CT molecular complexity index is 1350. The van der Waals surface area contributed by atoms with Gasteiger partial charge in [-0.05, 0) is 61.0 Å². The first-order valence-corrected chi connectivity index (χ1v) is 11.1. The average molecular weight is 468 g/mol. The van der Waals surface area contributed by atoms with Gasteiger partial charge in [-0.2, -0.15) is 0 Å². The molecule has 0 fully saturated rings. The molecule has 0 radical (unpaired) electrons. The van der Waals surface area contributed by atoms with Crippen molar-refractivity contribution < 1.29 is 32.6 Å². The molecular formula is C23H20N2O7S. The fourth-order valence-electron chi connectivity index (χ4n) is 2.99. The lowest BCUT2D eigenvalue weighted by Crippen LogP contribution is -2.17. The first kappa shape index (κ1) is 23.5. The van der Waals surface area contributed by atoms with E-state index in [0.29, 0.717) is 5.56 Å². The van der Waals surface area contributed by atoms with Gasteiger partial charge in [0.25, 0.3) is 15.9 Å². The maximum absolute atomic E-state index is 12.9. The summed E-state index contributed by atoms with van der Waals surface area (Å²) in [5.41, 5.74) is 1.08. The van der Waals surface area contributed by atoms with E-state index in [2.05, 4.69) is 10.0 Å². The number of carboxylic acids is 1. The van der Waals surface area contributed by atoms with Crippen LogP contribution in [0.15, 0.2) is 71.6 Å². The van der Waals surface area contributed by atoms with Crippen LogP contribution in [0.4, 0.5) is 11.4 Å². The van der Waals surface area contributed by atoms with Gasteiger partial charge in [-0.1, -0.05) is 18.2 Å². The second kappa shape index (κ2) is 9.53. The Balaban J connectivity index is 1.85. The molecule has 3 rings (SSSR count). The van der Waals surface area contributed by atoms with E-state index in [4.69, 9.17) is 9.84 Å². The van der Waals surface area contributed by atoms with Gasteiger partial charge < -0.3 is 15.2 Å². The van der Waals surface area contributed by atoms with Crippen molar-refractivity contribution in [3.63, 3.8) is 0 Å². The Morgan fingerprint density at radius 2 is 1.61 bits per heavy atom. The molecule has 33 heavy (non-hydrogen) atoms. The van der Waals surface area contributed by atoms with Crippen LogP contribution in [0, 0.1) is 6.92 Å². The third kappa shape index (κ3) is 5.36. The monoisotopic (exact) mass is 468 g/mol. The number of hydrogen-bond acceptors (Lipinski definition) is 6. The van der Waals surface area contributed by atoms with E-state index in [1.165, 1.54) is 61.7 Å². The van der Waals surface area contributed by atoms with Gasteiger partial charge in [0.05, 0.1) is 34.5 Å². The number of hydrogen-bond donors (Lipinski definition) is 3. The first-order chi connectivity index (χ1) is 15.6. The topological polar surface area (TPSA) is 139 Å². The van der Waals surface area contributed by atoms with Crippen LogP contribution >= 0.6 is 0 Å². The maximum Gasteiger partial charge on any atom is 0.339 e. The lowest BCUT2D eigenvalue weighted by atomic mass is 10.1. The molecule has 0 aliphatic heterocycles. The Morgan fingerprint density at radius 3 is 2.27 bits per heavy atom. The van der Waals surface area contributed by atoms with Crippen LogP contribution in [0.25, 0.3) is 0 Å². The van der Waals surface area contributed by atoms with E-state index in [1.54, 1.807) is 19.1 Å². The highest BCUT2D eigenvalue weighted by Crippen LogP contribution is 2.23. The summed E-state index contributed by atoms with van der Waals surface area (Å²) in [6, 6.07) is 15.6. The van der Waals surface area contributed by atoms with Crippen LogP contribution in [-0.2, 0) is 14.8 Å². The van der Waals surface area contributed by atoms with Crippen LogP contribution in [-0.4, -0.2) is 38.5 Å². The number of esters is 1. The third-order valence-electron chi connectivity index (χ3n) is 4.70. The first-order valence-electron chi connectivity index (χ1n) is 9.58. The minimum atomic E-state index is -4.07. The zero-order chi connectivity index (χ0) is 24.2. The molecule has 9 nitrogen and oxygen atoms in total. The van der Waals surface area contributed by atoms with Crippen molar-refractivity contribution in [2.45, 2.75) is 11.8 Å². The normalized spacial score (nSPS) is 10.8. The number of anilines is 2. The van der Waals surface area contributed by atoms with Crippen molar-refractivity contribution in [1.29, 1.82) is 0 Å². The molecule has 0 aliphatic carbocycles. The number of methoxy groups -OCH3 is 1. The highest BCUT2D eigenvalue weighted by atomic mass is 32.2. The Hall–Kier alpha value is -4.18. The number of aromatic carboxylic acids is 1. The summed E-state index contributed by atoms with van der Waals surface area (Å²) in [6.07, 6.45) is 0. The number of sulfonamides is 1. The largest absolute Gasteiger partial charge is 0.478 e. The number of benzene rings is 3. The molecule has 3 N–H and O–H groups in total. The number of carbonyl (C=O) groups is 3. The minimum Gasteiger partial charge on any atom is -0.478 e. The number of para-hydroxylation sites is 1. The number of ether oxygens (including phenoxy) is 1. The summed E-state index contributed by atoms with van der Waals surface area (Å²) >= 11 is 0. The fourth-order valence-corrected chi connectivity index (χ4v) is 4.17. The van der Waals surface area contributed by atoms with Gasteiger partial charge in [-0.15, -0.1) is 0 Å². The summed E-state index contributed by atoms with van der Waals surface area (Å²) in [5.74, 6) is -2.37. The van der Waals surface area contributed by atoms with Crippen LogP contribution < -0.4 is 10.0 Å². The zero-order valence-corrected chi connectivity index (χ0v) is 18.5. The van der Waals surface area contributed by atoms with E-state index >= 15 is 0 Å². The van der Waals surface area contributed by atoms with Crippen LogP contribution in [0.5, 0.6) is 0 Å². The van der Waals surface area contributed by atoms with Gasteiger partial charge in [0.1, 0.15) is 0 Å². The van der Waals surface area contributed by atoms with Crippen molar-refractivity contribution in [2.24, 2.45) is 0 Å². The molecule has 0 heterocycles. The number of nitrogens with one attached hydrogen (secondary N) is 2. The summed E-state index contributed by atoms with van der Waals surface area (Å²) in [7, 11) is -2.85. The Kier molecular flexibility index (Phi) is 6.78. The second-order valence-electron chi connectivity index (χ2n) is 6.96. The molecule has 0 atom stereocenters. The summed E-state index contributed by atoms with van der Waals surface area (Å²) in [5, 5.41) is 11.6. The van der Waals surface area contributed by atoms with E-state index in [1.807, 2.05) is 0 Å². The van der Waals surface area contributed by atoms with Crippen molar-refractivity contribution in [1.82, 2.24) is 0 Å². The number of rotatable bonds is 7. The quantitative estimate of drug-likeness (QED) is 0.451. The molecule has 0 aliphatic rings. The number of carboxylic acid groups (broad SMARTS) is 1. The van der Waals surface area contributed by atoms with Gasteiger partial charge in [0.2, 0.25) is 0 Å². The van der Waals surface area contributed by atoms with E-state index in [0.717, 1.165) is 0 Å². The number of amides is 1. The minimum absolute atomic E-state index is 0.0290. The highest BCUT2D eigenvalue weighted by Gasteiger charge is 2.19. The van der Waals surface area contributed by atoms with E-state index < -0.39 is 27.9 Å². The van der Waals surface area contributed by atoms with Crippen LogP contribution in [0.3, 0.4) is 0 Å². The second-order valence-corrected chi connectivity index (χ2v) is 8.64. The van der Waals surface area contributed by atoms with Gasteiger partial charge in [0, 0.05) is 5.56 Å². The van der Waals surface area contributed by atoms with Gasteiger partial charge in [-0.3, -0.25) is 9.52 Å². The van der Waals surface area contributed by atoms with Crippen molar-refractivity contribution >= 4 is 39.2 Å². The SMILES string of the molecule is COC(=O)c1ccccc1NC(=O)c1cccc(S(=O)(=O)Nc2ccc(C(=O)O)cc2C)c1. The Labute approximate surface area is 190 Å². The highest BCUT2D eigenvalue weighted by molar-refractivity contribution is 7.92. The third-order valence-corrected chi connectivity index (χ3v) is 6.07. The molecule has 1 amide bonds. The summed E-state index contributed by atoms with van der Waals surface area (Å²) in [4.78, 5) is 35.5. The molecule has 0 aromatic heterocycles. The van der Waals surface area contributed by atoms with E-state index in [9.17, 15) is 22.8 Å². The molecule has 0 saturated carbocycles. The summed E-state index contributed by atoms with van der Waals surface area (Å²) < 4.78 is 32.8. The molecule has 3 aromatic carbocycles.